The van der Waals surface area contributed by atoms with Crippen LogP contribution in [0.25, 0.3) is 0 Å². The Hall–Kier alpha value is -2.83. The zero-order valence-corrected chi connectivity index (χ0v) is 15.8. The van der Waals surface area contributed by atoms with Crippen LogP contribution in [-0.2, 0) is 17.8 Å². The highest BCUT2D eigenvalue weighted by molar-refractivity contribution is 5.95. The van der Waals surface area contributed by atoms with Crippen molar-refractivity contribution in [3.05, 3.63) is 50.3 Å². The molecule has 0 radical (unpaired) electrons. The fourth-order valence-corrected chi connectivity index (χ4v) is 3.13. The number of rotatable bonds is 5. The van der Waals surface area contributed by atoms with E-state index >= 15 is 0 Å². The maximum atomic E-state index is 13.4. The molecule has 2 aromatic rings. The predicted octanol–water partition coefficient (Wildman–Crippen LogP) is -1.88. The molecule has 4 N–H and O–H groups in total. The summed E-state index contributed by atoms with van der Waals surface area (Å²) in [7, 11) is 0. The van der Waals surface area contributed by atoms with Crippen LogP contribution < -0.4 is 16.6 Å². The van der Waals surface area contributed by atoms with Crippen molar-refractivity contribution in [1.82, 2.24) is 24.6 Å². The molecule has 0 aliphatic carbocycles. The molecular formula is C17H22FN5O6. The van der Waals surface area contributed by atoms with E-state index in [1.807, 2.05) is 6.92 Å². The zero-order chi connectivity index (χ0) is 21.3. The van der Waals surface area contributed by atoms with Crippen molar-refractivity contribution in [1.29, 1.82) is 0 Å². The van der Waals surface area contributed by atoms with Gasteiger partial charge in [0.1, 0.15) is 18.3 Å². The number of H-pyrrole nitrogens is 1. The van der Waals surface area contributed by atoms with E-state index in [-0.39, 0.29) is 13.2 Å². The van der Waals surface area contributed by atoms with Gasteiger partial charge in [0.05, 0.1) is 36.6 Å². The number of hydrogen-bond donors (Lipinski definition) is 4. The highest BCUT2D eigenvalue weighted by Crippen LogP contribution is 2.18. The summed E-state index contributed by atoms with van der Waals surface area (Å²) in [5.74, 6) is -1.64. The van der Waals surface area contributed by atoms with Gasteiger partial charge in [0.25, 0.3) is 11.5 Å². The number of aromatic nitrogens is 4. The van der Waals surface area contributed by atoms with Crippen molar-refractivity contribution in [3.8, 4) is 0 Å². The maximum Gasteiger partial charge on any atom is 0.328 e. The number of amides is 1. The summed E-state index contributed by atoms with van der Waals surface area (Å²) < 4.78 is 21.3. The molecule has 0 unspecified atom stereocenters. The third-order valence-corrected chi connectivity index (χ3v) is 4.81. The molecule has 0 bridgehead atoms. The van der Waals surface area contributed by atoms with Gasteiger partial charge in [0.15, 0.2) is 0 Å². The Balaban J connectivity index is 1.67. The van der Waals surface area contributed by atoms with Crippen LogP contribution in [0.5, 0.6) is 0 Å². The van der Waals surface area contributed by atoms with Crippen LogP contribution in [-0.4, -0.2) is 66.4 Å². The van der Waals surface area contributed by atoms with Gasteiger partial charge in [-0.3, -0.25) is 23.8 Å². The molecule has 11 nitrogen and oxygen atoms in total. The van der Waals surface area contributed by atoms with E-state index < -0.39 is 47.3 Å². The lowest BCUT2D eigenvalue weighted by Crippen LogP contribution is -2.60. The summed E-state index contributed by atoms with van der Waals surface area (Å²) in [4.78, 5) is 37.1. The second kappa shape index (κ2) is 8.27. The second-order valence-corrected chi connectivity index (χ2v) is 6.81. The van der Waals surface area contributed by atoms with Gasteiger partial charge in [0.2, 0.25) is 5.82 Å². The lowest BCUT2D eigenvalue weighted by atomic mass is 9.97. The first-order chi connectivity index (χ1) is 13.7. The number of aromatic amines is 1. The smallest absolute Gasteiger partial charge is 0.328 e. The van der Waals surface area contributed by atoms with Crippen LogP contribution in [0.3, 0.4) is 0 Å². The number of aliphatic hydroxyl groups is 2. The number of nitrogens with one attached hydrogen (secondary N) is 2. The fourth-order valence-electron chi connectivity index (χ4n) is 3.13. The third kappa shape index (κ3) is 4.28. The van der Waals surface area contributed by atoms with Crippen molar-refractivity contribution in [2.75, 3.05) is 6.61 Å². The van der Waals surface area contributed by atoms with Crippen LogP contribution in [0.4, 0.5) is 4.39 Å². The summed E-state index contributed by atoms with van der Waals surface area (Å²) in [5.41, 5.74) is -1.17. The number of aliphatic hydroxyl groups excluding tert-OH is 2. The minimum Gasteiger partial charge on any atom is -0.388 e. The number of aryl methyl sites for hydroxylation is 2. The third-order valence-electron chi connectivity index (χ3n) is 4.81. The fraction of sp³-hybridized carbons (Fsp3) is 0.529. The second-order valence-electron chi connectivity index (χ2n) is 6.81. The summed E-state index contributed by atoms with van der Waals surface area (Å²) in [5, 5.41) is 27.5. The Bertz CT molecular complexity index is 1010. The molecule has 12 heteroatoms. The molecule has 1 aliphatic heterocycles. The van der Waals surface area contributed by atoms with E-state index in [0.717, 1.165) is 4.57 Å². The number of nitrogens with zero attached hydrogens (tertiary/aromatic N) is 3. The first-order valence-electron chi connectivity index (χ1n) is 9.03. The van der Waals surface area contributed by atoms with Crippen molar-refractivity contribution in [2.24, 2.45) is 0 Å². The van der Waals surface area contributed by atoms with Crippen LogP contribution in [0.1, 0.15) is 23.0 Å². The summed E-state index contributed by atoms with van der Waals surface area (Å²) in [6, 6.07) is -0.901. The zero-order valence-electron chi connectivity index (χ0n) is 15.8. The van der Waals surface area contributed by atoms with E-state index in [1.54, 1.807) is 22.8 Å². The quantitative estimate of drug-likeness (QED) is 0.449. The number of halogens is 1. The Morgan fingerprint density at radius 2 is 2.10 bits per heavy atom. The summed E-state index contributed by atoms with van der Waals surface area (Å²) in [6.07, 6.45) is -1.62. The number of hydrogen-bond acceptors (Lipinski definition) is 7. The normalized spacial score (nSPS) is 24.4. The van der Waals surface area contributed by atoms with E-state index in [2.05, 4.69) is 10.4 Å². The Morgan fingerprint density at radius 1 is 1.38 bits per heavy atom. The summed E-state index contributed by atoms with van der Waals surface area (Å²) >= 11 is 0. The largest absolute Gasteiger partial charge is 0.388 e. The van der Waals surface area contributed by atoms with Crippen molar-refractivity contribution in [2.45, 2.75) is 51.3 Å². The molecule has 4 atom stereocenters. The topological polar surface area (TPSA) is 151 Å². The van der Waals surface area contributed by atoms with Gasteiger partial charge in [0, 0.05) is 12.7 Å². The molecule has 3 rings (SSSR count). The molecule has 1 fully saturated rings. The van der Waals surface area contributed by atoms with E-state index in [9.17, 15) is 29.0 Å². The minimum absolute atomic E-state index is 0.143. The van der Waals surface area contributed by atoms with Gasteiger partial charge in [-0.1, -0.05) is 0 Å². The monoisotopic (exact) mass is 411 g/mol. The highest BCUT2D eigenvalue weighted by atomic mass is 19.1. The van der Waals surface area contributed by atoms with Gasteiger partial charge in [-0.15, -0.1) is 0 Å². The molecule has 3 heterocycles. The highest BCUT2D eigenvalue weighted by Gasteiger charge is 2.39. The van der Waals surface area contributed by atoms with Crippen LogP contribution in [0.15, 0.2) is 22.0 Å². The SMILES string of the molecule is CCn1cc(C(=O)N[C@@H]2CO[C@H](Cn3cc(F)c(=O)[nH]c3=O)[C@@H](O)[C@H]2O)c(C)n1. The first kappa shape index (κ1) is 20.9. The Morgan fingerprint density at radius 3 is 2.76 bits per heavy atom. The average molecular weight is 411 g/mol. The number of carbonyl (C=O) groups is 1. The summed E-state index contributed by atoms with van der Waals surface area (Å²) in [6.45, 7) is 3.71. The first-order valence-corrected chi connectivity index (χ1v) is 9.03. The van der Waals surface area contributed by atoms with Gasteiger partial charge >= 0.3 is 5.69 Å². The molecule has 0 saturated carbocycles. The Labute approximate surface area is 163 Å². The van der Waals surface area contributed by atoms with Crippen LogP contribution >= 0.6 is 0 Å². The molecular weight excluding hydrogens is 389 g/mol. The number of ether oxygens (including phenoxy) is 1. The molecule has 1 aliphatic rings. The molecule has 29 heavy (non-hydrogen) atoms. The molecule has 1 amide bonds. The van der Waals surface area contributed by atoms with Gasteiger partial charge in [-0.2, -0.15) is 9.49 Å². The van der Waals surface area contributed by atoms with Gasteiger partial charge in [-0.05, 0) is 13.8 Å². The lowest BCUT2D eigenvalue weighted by Gasteiger charge is -2.38. The molecule has 1 saturated heterocycles. The van der Waals surface area contributed by atoms with Gasteiger partial charge in [-0.25, -0.2) is 4.79 Å². The molecule has 0 spiro atoms. The number of carbonyl (C=O) groups excluding carboxylic acids is 1. The van der Waals surface area contributed by atoms with Crippen molar-refractivity contribution >= 4 is 5.91 Å². The molecule has 0 aromatic carbocycles. The van der Waals surface area contributed by atoms with Crippen molar-refractivity contribution < 1.29 is 24.1 Å². The van der Waals surface area contributed by atoms with Crippen molar-refractivity contribution in [3.63, 3.8) is 0 Å². The minimum atomic E-state index is -1.46. The molecule has 158 valence electrons. The maximum absolute atomic E-state index is 13.4. The van der Waals surface area contributed by atoms with E-state index in [1.165, 1.54) is 0 Å². The average Bonchev–Trinajstić information content (AvgIpc) is 3.06. The Kier molecular flexibility index (Phi) is 5.96. The van der Waals surface area contributed by atoms with E-state index in [0.29, 0.717) is 24.0 Å². The molecule has 2 aromatic heterocycles. The lowest BCUT2D eigenvalue weighted by molar-refractivity contribution is -0.152. The van der Waals surface area contributed by atoms with E-state index in [4.69, 9.17) is 4.74 Å². The standard InChI is InChI=1S/C17H22FN5O6/c1-3-23-4-9(8(2)21-23)15(26)19-11-7-29-12(14(25)13(11)24)6-22-5-10(18)16(27)20-17(22)28/h4-5,11-14,24-25H,3,6-7H2,1-2H3,(H,19,26)(H,20,27,28)/t11-,12-,13+,14-/m1/s1. The predicted molar refractivity (Wildman–Crippen MR) is 96.9 cm³/mol. The van der Waals surface area contributed by atoms with Crippen LogP contribution in [0.2, 0.25) is 0 Å². The van der Waals surface area contributed by atoms with Crippen LogP contribution in [0, 0.1) is 12.7 Å². The van der Waals surface area contributed by atoms with Gasteiger partial charge < -0.3 is 20.3 Å².